The van der Waals surface area contributed by atoms with Crippen LogP contribution in [-0.2, 0) is 16.2 Å². The lowest BCUT2D eigenvalue weighted by Gasteiger charge is -2.37. The Hall–Kier alpha value is -3.12. The summed E-state index contributed by atoms with van der Waals surface area (Å²) in [6.07, 6.45) is 4.11. The molecule has 0 saturated carbocycles. The van der Waals surface area contributed by atoms with Gasteiger partial charge in [-0.25, -0.2) is 4.39 Å². The van der Waals surface area contributed by atoms with E-state index in [1.54, 1.807) is 24.3 Å². The van der Waals surface area contributed by atoms with Crippen molar-refractivity contribution in [1.82, 2.24) is 5.32 Å². The van der Waals surface area contributed by atoms with Crippen LogP contribution in [0.15, 0.2) is 58.9 Å². The molecule has 0 spiro atoms. The summed E-state index contributed by atoms with van der Waals surface area (Å²) in [5, 5.41) is 3.74. The van der Waals surface area contributed by atoms with Crippen LogP contribution >= 0.6 is 11.6 Å². The van der Waals surface area contributed by atoms with Gasteiger partial charge in [-0.15, -0.1) is 0 Å². The third-order valence-corrected chi connectivity index (χ3v) is 6.95. The molecule has 34 heavy (non-hydrogen) atoms. The van der Waals surface area contributed by atoms with Crippen molar-refractivity contribution in [1.29, 1.82) is 0 Å². The van der Waals surface area contributed by atoms with E-state index in [0.29, 0.717) is 40.5 Å². The first-order chi connectivity index (χ1) is 16.5. The lowest BCUT2D eigenvalue weighted by Crippen LogP contribution is -2.36. The molecule has 5 nitrogen and oxygen atoms in total. The van der Waals surface area contributed by atoms with Crippen molar-refractivity contribution in [2.45, 2.75) is 51.0 Å². The molecule has 1 N–H and O–H groups in total. The Morgan fingerprint density at radius 1 is 0.971 bits per heavy atom. The summed E-state index contributed by atoms with van der Waals surface area (Å²) in [5.41, 5.74) is 4.69. The summed E-state index contributed by atoms with van der Waals surface area (Å²) in [6, 6.07) is 9.60. The second-order valence-corrected chi connectivity index (χ2v) is 9.25. The molecule has 3 aliphatic rings. The van der Waals surface area contributed by atoms with Gasteiger partial charge in [0.15, 0.2) is 23.1 Å². The van der Waals surface area contributed by atoms with Gasteiger partial charge in [0.25, 0.3) is 0 Å². The first-order valence-corrected chi connectivity index (χ1v) is 11.9. The molecule has 176 valence electrons. The van der Waals surface area contributed by atoms with Crippen molar-refractivity contribution in [3.05, 3.63) is 80.9 Å². The van der Waals surface area contributed by atoms with Gasteiger partial charge in [0, 0.05) is 41.3 Å². The average molecular weight is 482 g/mol. The molecule has 2 aromatic rings. The van der Waals surface area contributed by atoms with Gasteiger partial charge < -0.3 is 14.8 Å². The molecule has 2 aliphatic carbocycles. The number of benzene rings is 2. The lowest BCUT2D eigenvalue weighted by atomic mass is 9.71. The summed E-state index contributed by atoms with van der Waals surface area (Å²) >= 11 is 6.66. The molecule has 0 bridgehead atoms. The number of hydrogen-bond acceptors (Lipinski definition) is 5. The molecule has 7 heteroatoms. The highest BCUT2D eigenvalue weighted by Crippen LogP contribution is 2.48. The second kappa shape index (κ2) is 9.26. The largest absolute Gasteiger partial charge is 0.493 e. The molecule has 0 fully saturated rings. The minimum Gasteiger partial charge on any atom is -0.493 e. The first kappa shape index (κ1) is 22.7. The van der Waals surface area contributed by atoms with Gasteiger partial charge >= 0.3 is 0 Å². The predicted octanol–water partition coefficient (Wildman–Crippen LogP) is 5.77. The third kappa shape index (κ3) is 4.11. The Balaban J connectivity index is 1.55. The van der Waals surface area contributed by atoms with Gasteiger partial charge in [-0.3, -0.25) is 9.59 Å². The zero-order valence-corrected chi connectivity index (χ0v) is 19.6. The maximum Gasteiger partial charge on any atom is 0.180 e. The van der Waals surface area contributed by atoms with E-state index in [9.17, 15) is 14.0 Å². The highest BCUT2D eigenvalue weighted by atomic mass is 35.5. The summed E-state index contributed by atoms with van der Waals surface area (Å²) in [7, 11) is 1.52. The predicted molar refractivity (Wildman–Crippen MR) is 126 cm³/mol. The van der Waals surface area contributed by atoms with E-state index >= 15 is 0 Å². The zero-order valence-electron chi connectivity index (χ0n) is 18.9. The molecule has 2 aromatic carbocycles. The minimum absolute atomic E-state index is 0.0652. The number of rotatable bonds is 5. The smallest absolute Gasteiger partial charge is 0.180 e. The molecule has 5 rings (SSSR count). The van der Waals surface area contributed by atoms with Gasteiger partial charge in [0.1, 0.15) is 12.4 Å². The van der Waals surface area contributed by atoms with Crippen LogP contribution in [0.3, 0.4) is 0 Å². The van der Waals surface area contributed by atoms with Crippen molar-refractivity contribution in [2.75, 3.05) is 7.11 Å². The van der Waals surface area contributed by atoms with E-state index in [4.69, 9.17) is 21.1 Å². The molecule has 0 amide bonds. The minimum atomic E-state index is -0.468. The van der Waals surface area contributed by atoms with Gasteiger partial charge in [0.2, 0.25) is 0 Å². The number of carbonyl (C=O) groups excluding carboxylic acids is 2. The summed E-state index contributed by atoms with van der Waals surface area (Å²) in [6.45, 7) is 0.185. The number of hydrogen-bond donors (Lipinski definition) is 1. The molecular weight excluding hydrogens is 457 g/mol. The normalized spacial score (nSPS) is 18.4. The Bertz CT molecular complexity index is 1190. The standard InChI is InChI=1S/C27H25ClFNO4/c1-33-23-13-16(12-18(28)27(23)34-14-15-8-10-17(29)11-9-15)24-25-19(4-2-6-21(25)31)30-20-5-3-7-22(32)26(20)24/h8-13,24,30H,2-7,14H2,1H3. The van der Waals surface area contributed by atoms with Crippen LogP contribution in [0.1, 0.15) is 55.6 Å². The Morgan fingerprint density at radius 2 is 1.59 bits per heavy atom. The van der Waals surface area contributed by atoms with E-state index in [2.05, 4.69) is 5.32 Å². The second-order valence-electron chi connectivity index (χ2n) is 8.85. The van der Waals surface area contributed by atoms with Crippen molar-refractivity contribution in [3.63, 3.8) is 0 Å². The number of dihydropyridines is 1. The summed E-state index contributed by atoms with van der Waals surface area (Å²) in [4.78, 5) is 26.1. The number of nitrogens with one attached hydrogen (secondary N) is 1. The van der Waals surface area contributed by atoms with E-state index < -0.39 is 5.92 Å². The molecule has 0 unspecified atom stereocenters. The highest BCUT2D eigenvalue weighted by Gasteiger charge is 2.40. The van der Waals surface area contributed by atoms with E-state index in [1.807, 2.05) is 0 Å². The molecule has 1 heterocycles. The molecule has 1 aliphatic heterocycles. The highest BCUT2D eigenvalue weighted by molar-refractivity contribution is 6.32. The lowest BCUT2D eigenvalue weighted by molar-refractivity contribution is -0.116. The molecule has 0 atom stereocenters. The van der Waals surface area contributed by atoms with Gasteiger partial charge in [-0.2, -0.15) is 0 Å². The maximum atomic E-state index is 13.2. The Labute approximate surface area is 202 Å². The SMILES string of the molecule is COc1cc(C2C3=C(CCCC3=O)NC3=C2C(=O)CCC3)cc(Cl)c1OCc1ccc(F)cc1. The van der Waals surface area contributed by atoms with E-state index in [1.165, 1.54) is 19.2 Å². The quantitative estimate of drug-likeness (QED) is 0.587. The van der Waals surface area contributed by atoms with Crippen LogP contribution in [0, 0.1) is 5.82 Å². The van der Waals surface area contributed by atoms with Crippen LogP contribution in [0.2, 0.25) is 5.02 Å². The fraction of sp³-hybridized carbons (Fsp3) is 0.333. The average Bonchev–Trinajstić information content (AvgIpc) is 2.83. The Kier molecular flexibility index (Phi) is 6.17. The molecule has 0 aromatic heterocycles. The first-order valence-electron chi connectivity index (χ1n) is 11.5. The van der Waals surface area contributed by atoms with Gasteiger partial charge in [-0.1, -0.05) is 23.7 Å². The number of ketones is 2. The number of halogens is 2. The number of methoxy groups -OCH3 is 1. The third-order valence-electron chi connectivity index (χ3n) is 6.67. The molecule has 0 radical (unpaired) electrons. The monoisotopic (exact) mass is 481 g/mol. The molecule has 0 saturated heterocycles. The fourth-order valence-electron chi connectivity index (χ4n) is 5.10. The fourth-order valence-corrected chi connectivity index (χ4v) is 5.37. The number of allylic oxidation sites excluding steroid dienone is 4. The van der Waals surface area contributed by atoms with Crippen molar-refractivity contribution in [2.24, 2.45) is 0 Å². The van der Waals surface area contributed by atoms with E-state index in [-0.39, 0.29) is 24.0 Å². The van der Waals surface area contributed by atoms with E-state index in [0.717, 1.165) is 48.2 Å². The van der Waals surface area contributed by atoms with Crippen LogP contribution in [0.4, 0.5) is 4.39 Å². The topological polar surface area (TPSA) is 64.6 Å². The van der Waals surface area contributed by atoms with Crippen LogP contribution in [0.5, 0.6) is 11.5 Å². The number of carbonyl (C=O) groups is 2. The van der Waals surface area contributed by atoms with Gasteiger partial charge in [-0.05, 0) is 61.1 Å². The van der Waals surface area contributed by atoms with Crippen molar-refractivity contribution in [3.8, 4) is 11.5 Å². The van der Waals surface area contributed by atoms with Crippen molar-refractivity contribution >= 4 is 23.2 Å². The number of Topliss-reactive ketones (excluding diaryl/α,β-unsaturated/α-hetero) is 2. The summed E-state index contributed by atoms with van der Waals surface area (Å²) < 4.78 is 24.7. The summed E-state index contributed by atoms with van der Waals surface area (Å²) in [5.74, 6) is 0.122. The number of ether oxygens (including phenoxy) is 2. The van der Waals surface area contributed by atoms with Crippen molar-refractivity contribution < 1.29 is 23.5 Å². The van der Waals surface area contributed by atoms with Crippen LogP contribution in [0.25, 0.3) is 0 Å². The Morgan fingerprint density at radius 3 is 2.18 bits per heavy atom. The van der Waals surface area contributed by atoms with Crippen LogP contribution in [-0.4, -0.2) is 18.7 Å². The van der Waals surface area contributed by atoms with Crippen LogP contribution < -0.4 is 14.8 Å². The van der Waals surface area contributed by atoms with Gasteiger partial charge in [0.05, 0.1) is 12.1 Å². The maximum absolute atomic E-state index is 13.2. The zero-order chi connectivity index (χ0) is 23.8. The molecular formula is C27H25ClFNO4.